The van der Waals surface area contributed by atoms with E-state index in [1.165, 1.54) is 4.90 Å². The van der Waals surface area contributed by atoms with Gasteiger partial charge in [-0.2, -0.15) is 0 Å². The standard InChI is InChI=1S/C20H26N2O4/c1-15-14-19(16(2)26-15)20(23)22-10-8-21(9-11-22)12-13-25-18-6-4-17(24-3)5-7-18/h4-7,14H,8-13H2,1-3H3/p+1. The van der Waals surface area contributed by atoms with E-state index in [0.29, 0.717) is 17.9 Å². The fraction of sp³-hybridized carbons (Fsp3) is 0.450. The molecule has 0 bridgehead atoms. The maximum absolute atomic E-state index is 12.6. The van der Waals surface area contributed by atoms with Crippen LogP contribution in [0.15, 0.2) is 34.7 Å². The van der Waals surface area contributed by atoms with Crippen molar-refractivity contribution < 1.29 is 23.6 Å². The van der Waals surface area contributed by atoms with E-state index in [1.54, 1.807) is 7.11 Å². The van der Waals surface area contributed by atoms with Crippen LogP contribution in [0.5, 0.6) is 11.5 Å². The summed E-state index contributed by atoms with van der Waals surface area (Å²) in [6, 6.07) is 9.46. The van der Waals surface area contributed by atoms with Gasteiger partial charge in [0.1, 0.15) is 36.2 Å². The largest absolute Gasteiger partial charge is 0.497 e. The van der Waals surface area contributed by atoms with Gasteiger partial charge in [0.05, 0.1) is 38.9 Å². The lowest BCUT2D eigenvalue weighted by Crippen LogP contribution is -3.15. The highest BCUT2D eigenvalue weighted by atomic mass is 16.5. The van der Waals surface area contributed by atoms with Crippen molar-refractivity contribution in [2.75, 3.05) is 46.4 Å². The molecule has 0 radical (unpaired) electrons. The molecular formula is C20H27N2O4+. The molecule has 0 spiro atoms. The Bertz CT molecular complexity index is 731. The van der Waals surface area contributed by atoms with Crippen LogP contribution in [0.2, 0.25) is 0 Å². The summed E-state index contributed by atoms with van der Waals surface area (Å²) in [6.07, 6.45) is 0. The summed E-state index contributed by atoms with van der Waals surface area (Å²) >= 11 is 0. The van der Waals surface area contributed by atoms with Crippen molar-refractivity contribution in [2.24, 2.45) is 0 Å². The number of hydrogen-bond donors (Lipinski definition) is 1. The lowest BCUT2D eigenvalue weighted by atomic mass is 10.2. The van der Waals surface area contributed by atoms with Gasteiger partial charge in [0.15, 0.2) is 0 Å². The first-order valence-corrected chi connectivity index (χ1v) is 9.03. The van der Waals surface area contributed by atoms with E-state index in [0.717, 1.165) is 50.0 Å². The fourth-order valence-corrected chi connectivity index (χ4v) is 3.27. The number of ether oxygens (including phenoxy) is 2. The summed E-state index contributed by atoms with van der Waals surface area (Å²) in [4.78, 5) is 16.0. The zero-order chi connectivity index (χ0) is 18.5. The Kier molecular flexibility index (Phi) is 5.83. The lowest BCUT2D eigenvalue weighted by molar-refractivity contribution is -0.903. The number of furan rings is 1. The first kappa shape index (κ1) is 18.3. The van der Waals surface area contributed by atoms with Crippen LogP contribution in [-0.2, 0) is 0 Å². The Morgan fingerprint density at radius 3 is 2.38 bits per heavy atom. The minimum atomic E-state index is 0.0767. The smallest absolute Gasteiger partial charge is 0.257 e. The second-order valence-electron chi connectivity index (χ2n) is 6.64. The van der Waals surface area contributed by atoms with E-state index in [2.05, 4.69) is 0 Å². The zero-order valence-corrected chi connectivity index (χ0v) is 15.7. The Morgan fingerprint density at radius 1 is 1.15 bits per heavy atom. The maximum atomic E-state index is 12.6. The second-order valence-corrected chi connectivity index (χ2v) is 6.64. The zero-order valence-electron chi connectivity index (χ0n) is 15.7. The van der Waals surface area contributed by atoms with E-state index in [1.807, 2.05) is 49.1 Å². The molecule has 0 aliphatic carbocycles. The SMILES string of the molecule is COc1ccc(OCC[NH+]2CCN(C(=O)c3cc(C)oc3C)CC2)cc1. The Morgan fingerprint density at radius 2 is 1.81 bits per heavy atom. The molecule has 6 nitrogen and oxygen atoms in total. The van der Waals surface area contributed by atoms with Crippen LogP contribution >= 0.6 is 0 Å². The predicted molar refractivity (Wildman–Crippen MR) is 98.1 cm³/mol. The summed E-state index contributed by atoms with van der Waals surface area (Å²) in [5.41, 5.74) is 0.689. The molecule has 0 unspecified atom stereocenters. The number of hydrogen-bond acceptors (Lipinski definition) is 4. The second kappa shape index (κ2) is 8.27. The van der Waals surface area contributed by atoms with Crippen LogP contribution in [0.1, 0.15) is 21.9 Å². The van der Waals surface area contributed by atoms with Crippen molar-refractivity contribution in [3.05, 3.63) is 47.4 Å². The minimum Gasteiger partial charge on any atom is -0.497 e. The van der Waals surface area contributed by atoms with Crippen molar-refractivity contribution in [1.29, 1.82) is 0 Å². The van der Waals surface area contributed by atoms with Gasteiger partial charge in [-0.05, 0) is 44.2 Å². The van der Waals surface area contributed by atoms with E-state index in [9.17, 15) is 4.79 Å². The number of nitrogens with zero attached hydrogens (tertiary/aromatic N) is 1. The van der Waals surface area contributed by atoms with Gasteiger partial charge in [-0.25, -0.2) is 0 Å². The summed E-state index contributed by atoms with van der Waals surface area (Å²) < 4.78 is 16.4. The summed E-state index contributed by atoms with van der Waals surface area (Å²) in [6.45, 7) is 8.71. The Hall–Kier alpha value is -2.47. The van der Waals surface area contributed by atoms with Crippen molar-refractivity contribution in [2.45, 2.75) is 13.8 Å². The number of piperazine rings is 1. The molecule has 1 N–H and O–H groups in total. The molecule has 1 aliphatic rings. The van der Waals surface area contributed by atoms with Crippen LogP contribution in [0.4, 0.5) is 0 Å². The molecular weight excluding hydrogens is 332 g/mol. The number of benzene rings is 1. The number of rotatable bonds is 6. The van der Waals surface area contributed by atoms with Crippen LogP contribution in [0.25, 0.3) is 0 Å². The number of carbonyl (C=O) groups excluding carboxylic acids is 1. The average Bonchev–Trinajstić information content (AvgIpc) is 3.00. The van der Waals surface area contributed by atoms with Gasteiger partial charge in [-0.3, -0.25) is 4.79 Å². The predicted octanol–water partition coefficient (Wildman–Crippen LogP) is 1.32. The molecule has 2 aromatic rings. The molecule has 1 amide bonds. The third-order valence-corrected chi connectivity index (χ3v) is 4.81. The van der Waals surface area contributed by atoms with Crippen LogP contribution in [0, 0.1) is 13.8 Å². The highest BCUT2D eigenvalue weighted by Crippen LogP contribution is 2.17. The van der Waals surface area contributed by atoms with E-state index < -0.39 is 0 Å². The van der Waals surface area contributed by atoms with Gasteiger partial charge in [0.25, 0.3) is 5.91 Å². The summed E-state index contributed by atoms with van der Waals surface area (Å²) in [7, 11) is 1.65. The molecule has 140 valence electrons. The minimum absolute atomic E-state index is 0.0767. The van der Waals surface area contributed by atoms with Gasteiger partial charge in [-0.15, -0.1) is 0 Å². The first-order chi connectivity index (χ1) is 12.6. The van der Waals surface area contributed by atoms with Gasteiger partial charge >= 0.3 is 0 Å². The Labute approximate surface area is 154 Å². The molecule has 1 aromatic carbocycles. The van der Waals surface area contributed by atoms with Crippen LogP contribution < -0.4 is 14.4 Å². The molecule has 6 heteroatoms. The molecule has 1 saturated heterocycles. The van der Waals surface area contributed by atoms with E-state index in [-0.39, 0.29) is 5.91 Å². The molecule has 1 aliphatic heterocycles. The van der Waals surface area contributed by atoms with Gasteiger partial charge in [-0.1, -0.05) is 0 Å². The van der Waals surface area contributed by atoms with Crippen molar-refractivity contribution in [3.8, 4) is 11.5 Å². The Balaban J connectivity index is 1.42. The highest BCUT2D eigenvalue weighted by molar-refractivity contribution is 5.95. The number of aryl methyl sites for hydroxylation is 2. The number of nitrogens with one attached hydrogen (secondary N) is 1. The van der Waals surface area contributed by atoms with Crippen molar-refractivity contribution in [1.82, 2.24) is 4.90 Å². The topological polar surface area (TPSA) is 56.4 Å². The molecule has 0 atom stereocenters. The quantitative estimate of drug-likeness (QED) is 0.845. The van der Waals surface area contributed by atoms with Gasteiger partial charge in [0, 0.05) is 0 Å². The molecule has 2 heterocycles. The lowest BCUT2D eigenvalue weighted by Gasteiger charge is -2.32. The molecule has 0 saturated carbocycles. The third-order valence-electron chi connectivity index (χ3n) is 4.81. The number of quaternary nitrogens is 1. The number of amides is 1. The molecule has 1 fully saturated rings. The maximum Gasteiger partial charge on any atom is 0.257 e. The molecule has 1 aromatic heterocycles. The van der Waals surface area contributed by atoms with Crippen molar-refractivity contribution in [3.63, 3.8) is 0 Å². The van der Waals surface area contributed by atoms with Crippen molar-refractivity contribution >= 4 is 5.91 Å². The monoisotopic (exact) mass is 359 g/mol. The van der Waals surface area contributed by atoms with Gasteiger partial charge in [0.2, 0.25) is 0 Å². The molecule has 26 heavy (non-hydrogen) atoms. The number of methoxy groups -OCH3 is 1. The normalized spacial score (nSPS) is 15.1. The van der Waals surface area contributed by atoms with Crippen LogP contribution in [-0.4, -0.2) is 57.2 Å². The van der Waals surface area contributed by atoms with E-state index >= 15 is 0 Å². The summed E-state index contributed by atoms with van der Waals surface area (Å²) in [5.74, 6) is 3.24. The van der Waals surface area contributed by atoms with Gasteiger partial charge < -0.3 is 23.7 Å². The third kappa shape index (κ3) is 4.38. The van der Waals surface area contributed by atoms with E-state index in [4.69, 9.17) is 13.9 Å². The molecule has 3 rings (SSSR count). The van der Waals surface area contributed by atoms with Crippen LogP contribution in [0.3, 0.4) is 0 Å². The fourth-order valence-electron chi connectivity index (χ4n) is 3.27. The summed E-state index contributed by atoms with van der Waals surface area (Å²) in [5, 5.41) is 0. The highest BCUT2D eigenvalue weighted by Gasteiger charge is 2.26. The average molecular weight is 359 g/mol. The number of carbonyl (C=O) groups is 1. The first-order valence-electron chi connectivity index (χ1n) is 9.03.